The van der Waals surface area contributed by atoms with E-state index in [1.807, 2.05) is 0 Å². The summed E-state index contributed by atoms with van der Waals surface area (Å²) in [7, 11) is 0. The highest BCUT2D eigenvalue weighted by molar-refractivity contribution is 5.87. The zero-order valence-electron chi connectivity index (χ0n) is 32.4. The van der Waals surface area contributed by atoms with Gasteiger partial charge in [0, 0.05) is 17.8 Å². The molecule has 0 radical (unpaired) electrons. The van der Waals surface area contributed by atoms with Gasteiger partial charge < -0.3 is 9.84 Å². The van der Waals surface area contributed by atoms with Crippen molar-refractivity contribution in [3.05, 3.63) is 12.2 Å². The monoisotopic (exact) mass is 665 g/mol. The number of rotatable bonds is 6. The lowest BCUT2D eigenvalue weighted by atomic mass is 9.32. The molecular weight excluding hydrogens is 596 g/mol. The number of esters is 1. The molecule has 0 bridgehead atoms. The maximum Gasteiger partial charge on any atom is 0.309 e. The second-order valence-electron chi connectivity index (χ2n) is 21.3. The minimum atomic E-state index is -0.586. The Kier molecular flexibility index (Phi) is 8.42. The number of allylic oxidation sites excluding steroid dienone is 1. The maximum atomic E-state index is 13.8. The highest BCUT2D eigenvalue weighted by Gasteiger charge is 2.72. The Balaban J connectivity index is 1.20. The van der Waals surface area contributed by atoms with E-state index in [0.717, 1.165) is 57.8 Å². The zero-order chi connectivity index (χ0) is 35.6. The molecule has 0 amide bonds. The number of hydrogen-bond donors (Lipinski definition) is 1. The lowest BCUT2D eigenvalue weighted by Crippen LogP contribution is -2.67. The topological polar surface area (TPSA) is 80.7 Å². The first-order valence-corrected chi connectivity index (χ1v) is 19.6. The summed E-state index contributed by atoms with van der Waals surface area (Å²) in [6, 6.07) is 0. The molecule has 48 heavy (non-hydrogen) atoms. The van der Waals surface area contributed by atoms with Crippen LogP contribution in [0.1, 0.15) is 153 Å². The van der Waals surface area contributed by atoms with E-state index in [0.29, 0.717) is 36.5 Å². The molecule has 0 aromatic carbocycles. The lowest BCUT2D eigenvalue weighted by Gasteiger charge is -2.72. The summed E-state index contributed by atoms with van der Waals surface area (Å²) in [5.74, 6) is 1.30. The summed E-state index contributed by atoms with van der Waals surface area (Å²) >= 11 is 0. The van der Waals surface area contributed by atoms with Crippen LogP contribution in [-0.4, -0.2) is 28.9 Å². The summed E-state index contributed by atoms with van der Waals surface area (Å²) < 4.78 is 6.54. The van der Waals surface area contributed by atoms with E-state index >= 15 is 0 Å². The van der Waals surface area contributed by atoms with Crippen LogP contribution in [0.3, 0.4) is 0 Å². The molecule has 5 heteroatoms. The number of fused-ring (bicyclic) bond motifs is 7. The van der Waals surface area contributed by atoms with E-state index in [9.17, 15) is 19.5 Å². The highest BCUT2D eigenvalue weighted by atomic mass is 16.5. The number of hydrogen-bond acceptors (Lipinski definition) is 4. The van der Waals surface area contributed by atoms with E-state index in [-0.39, 0.29) is 68.1 Å². The molecule has 6 rings (SSSR count). The molecule has 0 spiro atoms. The summed E-state index contributed by atoms with van der Waals surface area (Å²) in [5.41, 5.74) is 0.450. The van der Waals surface area contributed by atoms with E-state index in [1.165, 1.54) is 12.0 Å². The fourth-order valence-electron chi connectivity index (χ4n) is 14.4. The normalized spacial score (nSPS) is 47.3. The average molecular weight is 665 g/mol. The van der Waals surface area contributed by atoms with E-state index < -0.39 is 11.4 Å². The van der Waals surface area contributed by atoms with Crippen molar-refractivity contribution in [1.29, 1.82) is 0 Å². The van der Waals surface area contributed by atoms with Crippen LogP contribution in [0.4, 0.5) is 0 Å². The Morgan fingerprint density at radius 2 is 1.44 bits per heavy atom. The fraction of sp³-hybridized carbons (Fsp3) is 0.884. The Morgan fingerprint density at radius 3 is 2.02 bits per heavy atom. The molecule has 3 unspecified atom stereocenters. The molecule has 6 saturated carbocycles. The second-order valence-corrected chi connectivity index (χ2v) is 21.3. The minimum Gasteiger partial charge on any atom is -0.481 e. The van der Waals surface area contributed by atoms with Gasteiger partial charge in [-0.2, -0.15) is 0 Å². The molecule has 5 nitrogen and oxygen atoms in total. The maximum absolute atomic E-state index is 13.8. The van der Waals surface area contributed by atoms with E-state index in [4.69, 9.17) is 4.74 Å². The summed E-state index contributed by atoms with van der Waals surface area (Å²) in [5, 5.41) is 10.7. The zero-order valence-corrected chi connectivity index (χ0v) is 32.4. The predicted molar refractivity (Wildman–Crippen MR) is 191 cm³/mol. The summed E-state index contributed by atoms with van der Waals surface area (Å²) in [6.45, 7) is 29.5. The molecule has 6 aliphatic carbocycles. The van der Waals surface area contributed by atoms with Crippen molar-refractivity contribution in [1.82, 2.24) is 0 Å². The largest absolute Gasteiger partial charge is 0.481 e. The fourth-order valence-corrected chi connectivity index (χ4v) is 14.4. The SMILES string of the molecule is C=C(C)[C@@H]1CC[C@]2(C(=O)O)CC[C@]3(C)C(CC[C@@H]4[C@@]5(C)CC[C@H](OC(=O)C6C[C@@H](C(=O)CC(C)(C)C)C6(C)C)C(C)(C)[C@@H]5CC[C@]43C)C12. The molecule has 6 aliphatic rings. The lowest BCUT2D eigenvalue weighted by molar-refractivity contribution is -0.252. The number of carbonyl (C=O) groups is 3. The van der Waals surface area contributed by atoms with E-state index in [2.05, 4.69) is 82.7 Å². The van der Waals surface area contributed by atoms with Crippen LogP contribution in [0.2, 0.25) is 0 Å². The van der Waals surface area contributed by atoms with Gasteiger partial charge in [-0.1, -0.05) is 81.4 Å². The van der Waals surface area contributed by atoms with Gasteiger partial charge in [0.05, 0.1) is 11.3 Å². The van der Waals surface area contributed by atoms with Crippen LogP contribution < -0.4 is 0 Å². The number of ketones is 1. The third-order valence-corrected chi connectivity index (χ3v) is 17.3. The number of carbonyl (C=O) groups excluding carboxylic acids is 2. The van der Waals surface area contributed by atoms with Crippen molar-refractivity contribution in [2.45, 2.75) is 159 Å². The molecule has 0 aliphatic heterocycles. The van der Waals surface area contributed by atoms with Crippen LogP contribution in [0, 0.1) is 79.3 Å². The molecule has 0 aromatic heterocycles. The molecular formula is C43H68O5. The number of carboxylic acids is 1. The van der Waals surface area contributed by atoms with Crippen molar-refractivity contribution < 1.29 is 24.2 Å². The molecule has 0 aromatic rings. The summed E-state index contributed by atoms with van der Waals surface area (Å²) in [4.78, 5) is 40.0. The van der Waals surface area contributed by atoms with Crippen molar-refractivity contribution in [3.8, 4) is 0 Å². The van der Waals surface area contributed by atoms with Gasteiger partial charge in [-0.3, -0.25) is 14.4 Å². The Labute approximate surface area is 292 Å². The first-order chi connectivity index (χ1) is 22.0. The van der Waals surface area contributed by atoms with Gasteiger partial charge in [-0.25, -0.2) is 0 Å². The van der Waals surface area contributed by atoms with Gasteiger partial charge in [-0.05, 0) is 134 Å². The molecule has 12 atom stereocenters. The third-order valence-electron chi connectivity index (χ3n) is 17.3. The van der Waals surface area contributed by atoms with Crippen LogP contribution >= 0.6 is 0 Å². The van der Waals surface area contributed by atoms with Gasteiger partial charge in [0.25, 0.3) is 0 Å². The predicted octanol–water partition coefficient (Wildman–Crippen LogP) is 10.3. The molecule has 0 saturated heterocycles. The smallest absolute Gasteiger partial charge is 0.309 e. The van der Waals surface area contributed by atoms with Crippen LogP contribution in [0.25, 0.3) is 0 Å². The van der Waals surface area contributed by atoms with Gasteiger partial charge in [0.15, 0.2) is 0 Å². The van der Waals surface area contributed by atoms with Gasteiger partial charge >= 0.3 is 11.9 Å². The van der Waals surface area contributed by atoms with Crippen molar-refractivity contribution in [2.24, 2.45) is 79.3 Å². The third kappa shape index (κ3) is 4.91. The molecule has 0 heterocycles. The number of ether oxygens (including phenoxy) is 1. The van der Waals surface area contributed by atoms with Crippen LogP contribution in [-0.2, 0) is 19.1 Å². The highest BCUT2D eigenvalue weighted by Crippen LogP contribution is 2.77. The Hall–Kier alpha value is -1.65. The van der Waals surface area contributed by atoms with Gasteiger partial charge in [0.1, 0.15) is 11.9 Å². The standard InChI is InChI=1S/C43H68O5/c1-25(2)26-15-20-43(36(46)47)22-21-41(11)27(34(26)43)13-14-32-40(10)18-17-33(39(8,9)31(40)16-19-42(32,41)12)48-35(45)29-23-28(38(29,6)7)30(44)24-37(3,4)5/h26-29,31-34H,1,13-24H2,2-12H3,(H,46,47)/t26-,27?,28-,29?,31-,32+,33-,34?,40-,41+,42+,43-/m0/s1. The van der Waals surface area contributed by atoms with Crippen molar-refractivity contribution in [3.63, 3.8) is 0 Å². The Morgan fingerprint density at radius 1 is 0.771 bits per heavy atom. The van der Waals surface area contributed by atoms with Gasteiger partial charge in [-0.15, -0.1) is 0 Å². The van der Waals surface area contributed by atoms with Crippen molar-refractivity contribution >= 4 is 17.7 Å². The van der Waals surface area contributed by atoms with Crippen LogP contribution in [0.15, 0.2) is 12.2 Å². The van der Waals surface area contributed by atoms with E-state index in [1.54, 1.807) is 0 Å². The second kappa shape index (κ2) is 11.2. The molecule has 1 N–H and O–H groups in total. The minimum absolute atomic E-state index is 0.0477. The number of Topliss-reactive ketones (excluding diaryl/α,β-unsaturated/α-hetero) is 1. The quantitative estimate of drug-likeness (QED) is 0.226. The average Bonchev–Trinajstić information content (AvgIpc) is 3.35. The first kappa shape index (κ1) is 36.2. The summed E-state index contributed by atoms with van der Waals surface area (Å²) in [6.07, 6.45) is 11.2. The number of aliphatic carboxylic acids is 1. The molecule has 6 fully saturated rings. The van der Waals surface area contributed by atoms with Gasteiger partial charge in [0.2, 0.25) is 0 Å². The Bertz CT molecular complexity index is 1370. The molecule has 270 valence electrons. The number of carboxylic acid groups (broad SMARTS) is 1. The first-order valence-electron chi connectivity index (χ1n) is 19.6. The van der Waals surface area contributed by atoms with Crippen molar-refractivity contribution in [2.75, 3.05) is 0 Å². The van der Waals surface area contributed by atoms with Crippen LogP contribution in [0.5, 0.6) is 0 Å².